The van der Waals surface area contributed by atoms with Crippen LogP contribution in [0, 0.1) is 6.92 Å². The largest absolute Gasteiger partial charge is 0.497 e. The van der Waals surface area contributed by atoms with Gasteiger partial charge in [0.1, 0.15) is 18.0 Å². The van der Waals surface area contributed by atoms with Crippen molar-refractivity contribution in [3.8, 4) is 11.4 Å². The second kappa shape index (κ2) is 10.8. The van der Waals surface area contributed by atoms with Crippen LogP contribution in [0.3, 0.4) is 0 Å². The van der Waals surface area contributed by atoms with Crippen molar-refractivity contribution in [2.75, 3.05) is 18.0 Å². The molecule has 0 aliphatic rings. The Balaban J connectivity index is 1.72. The van der Waals surface area contributed by atoms with Gasteiger partial charge in [-0.15, -0.1) is 0 Å². The summed E-state index contributed by atoms with van der Waals surface area (Å²) in [6, 6.07) is 23.8. The summed E-state index contributed by atoms with van der Waals surface area (Å²) in [6.07, 6.45) is 0. The van der Waals surface area contributed by atoms with Gasteiger partial charge >= 0.3 is 0 Å². The van der Waals surface area contributed by atoms with Gasteiger partial charge in [-0.25, -0.2) is 17.4 Å². The fraction of sp³-hybridized carbons (Fsp3) is 0.185. The molecule has 0 spiro atoms. The molecule has 9 nitrogen and oxygen atoms in total. The molecule has 37 heavy (non-hydrogen) atoms. The van der Waals surface area contributed by atoms with Gasteiger partial charge in [-0.2, -0.15) is 0 Å². The minimum atomic E-state index is -4.24. The first-order valence-corrected chi connectivity index (χ1v) is 13.0. The van der Waals surface area contributed by atoms with Crippen molar-refractivity contribution in [3.05, 3.63) is 107 Å². The lowest BCUT2D eigenvalue weighted by Gasteiger charge is -2.23. The number of carbonyl (C=O) groups excluding carboxylic acids is 1. The van der Waals surface area contributed by atoms with Gasteiger partial charge < -0.3 is 10.1 Å². The lowest BCUT2D eigenvalue weighted by molar-refractivity contribution is -0.119. The summed E-state index contributed by atoms with van der Waals surface area (Å²) >= 11 is 0. The lowest BCUT2D eigenvalue weighted by atomic mass is 10.2. The average Bonchev–Trinajstić information content (AvgIpc) is 3.14. The molecule has 1 aromatic heterocycles. The van der Waals surface area contributed by atoms with Gasteiger partial charge in [-0.05, 0) is 48.9 Å². The SMILES string of the molecule is COc1ccc(CNC(=O)CN(c2c(C)n(C)n(-c3ccccc3)c2=O)S(=O)(=O)c2ccccc2)cc1. The van der Waals surface area contributed by atoms with Gasteiger partial charge in [-0.3, -0.25) is 14.3 Å². The average molecular weight is 521 g/mol. The van der Waals surface area contributed by atoms with Crippen LogP contribution >= 0.6 is 0 Å². The van der Waals surface area contributed by atoms with Crippen LogP contribution in [0.4, 0.5) is 5.69 Å². The van der Waals surface area contributed by atoms with Gasteiger partial charge in [0.25, 0.3) is 15.6 Å². The van der Waals surface area contributed by atoms with E-state index in [0.717, 1.165) is 9.87 Å². The third kappa shape index (κ3) is 5.29. The van der Waals surface area contributed by atoms with Crippen molar-refractivity contribution < 1.29 is 17.9 Å². The standard InChI is InChI=1S/C27H28N4O5S/c1-20-26(27(33)31(29(20)2)22-10-6-4-7-11-22)30(37(34,35)24-12-8-5-9-13-24)19-25(32)28-18-21-14-16-23(36-3)17-15-21/h4-17H,18-19H2,1-3H3,(H,28,32). The van der Waals surface area contributed by atoms with Gasteiger partial charge in [0, 0.05) is 13.6 Å². The minimum absolute atomic E-state index is 0.0214. The van der Waals surface area contributed by atoms with Gasteiger partial charge in [0.15, 0.2) is 0 Å². The van der Waals surface area contributed by atoms with E-state index in [9.17, 15) is 18.0 Å². The van der Waals surface area contributed by atoms with Crippen LogP contribution in [0.1, 0.15) is 11.3 Å². The number of amides is 1. The van der Waals surface area contributed by atoms with Crippen molar-refractivity contribution in [1.29, 1.82) is 0 Å². The number of rotatable bonds is 9. The van der Waals surface area contributed by atoms with Crippen molar-refractivity contribution >= 4 is 21.6 Å². The molecule has 4 rings (SSSR count). The topological polar surface area (TPSA) is 103 Å². The van der Waals surface area contributed by atoms with Crippen molar-refractivity contribution in [1.82, 2.24) is 14.7 Å². The summed E-state index contributed by atoms with van der Waals surface area (Å²) in [5, 5.41) is 2.75. The highest BCUT2D eigenvalue weighted by atomic mass is 32.2. The molecule has 192 valence electrons. The first kappa shape index (κ1) is 25.8. The molecular formula is C27H28N4O5S. The van der Waals surface area contributed by atoms with Crippen LogP contribution in [0.25, 0.3) is 5.69 Å². The predicted octanol–water partition coefficient (Wildman–Crippen LogP) is 3.00. The first-order chi connectivity index (χ1) is 17.7. The molecule has 0 atom stereocenters. The second-order valence-corrected chi connectivity index (χ2v) is 10.2. The Bertz CT molecular complexity index is 1540. The molecule has 1 heterocycles. The van der Waals surface area contributed by atoms with Gasteiger partial charge in [-0.1, -0.05) is 48.5 Å². The molecule has 0 aliphatic carbocycles. The van der Waals surface area contributed by atoms with E-state index in [1.165, 1.54) is 16.8 Å². The van der Waals surface area contributed by atoms with E-state index in [2.05, 4.69) is 5.32 Å². The normalized spacial score (nSPS) is 11.2. The number of anilines is 1. The van der Waals surface area contributed by atoms with E-state index in [1.807, 2.05) is 6.07 Å². The Kier molecular flexibility index (Phi) is 7.49. The van der Waals surface area contributed by atoms with Gasteiger partial charge in [0.2, 0.25) is 5.91 Å². The zero-order chi connectivity index (χ0) is 26.6. The Morgan fingerprint density at radius 1 is 0.946 bits per heavy atom. The number of nitrogens with zero attached hydrogens (tertiary/aromatic N) is 3. The van der Waals surface area contributed by atoms with Crippen LogP contribution < -0.4 is 19.9 Å². The number of aromatic nitrogens is 2. The highest BCUT2D eigenvalue weighted by Gasteiger charge is 2.33. The van der Waals surface area contributed by atoms with Crippen molar-refractivity contribution in [3.63, 3.8) is 0 Å². The number of hydrogen-bond donors (Lipinski definition) is 1. The third-order valence-electron chi connectivity index (χ3n) is 6.04. The summed E-state index contributed by atoms with van der Waals surface area (Å²) in [7, 11) is -1.01. The number of benzene rings is 3. The Labute approximate surface area is 215 Å². The Morgan fingerprint density at radius 2 is 1.54 bits per heavy atom. The fourth-order valence-corrected chi connectivity index (χ4v) is 5.47. The molecule has 0 aliphatic heterocycles. The maximum absolute atomic E-state index is 13.7. The van der Waals surface area contributed by atoms with Crippen LogP contribution in [-0.2, 0) is 28.4 Å². The molecular weight excluding hydrogens is 492 g/mol. The maximum Gasteiger partial charge on any atom is 0.296 e. The second-order valence-electron chi connectivity index (χ2n) is 8.36. The van der Waals surface area contributed by atoms with E-state index < -0.39 is 28.0 Å². The van der Waals surface area contributed by atoms with E-state index in [4.69, 9.17) is 4.74 Å². The molecule has 10 heteroatoms. The van der Waals surface area contributed by atoms with Crippen molar-refractivity contribution in [2.45, 2.75) is 18.4 Å². The Morgan fingerprint density at radius 3 is 2.14 bits per heavy atom. The van der Waals surface area contributed by atoms with Crippen molar-refractivity contribution in [2.24, 2.45) is 7.05 Å². The summed E-state index contributed by atoms with van der Waals surface area (Å²) < 4.78 is 36.5. The van der Waals surface area contributed by atoms with E-state index in [-0.39, 0.29) is 17.1 Å². The quantitative estimate of drug-likeness (QED) is 0.366. The van der Waals surface area contributed by atoms with E-state index in [0.29, 0.717) is 17.1 Å². The maximum atomic E-state index is 13.7. The van der Waals surface area contributed by atoms with Crippen LogP contribution in [0.5, 0.6) is 5.75 Å². The molecule has 0 bridgehead atoms. The number of ether oxygens (including phenoxy) is 1. The molecule has 0 saturated carbocycles. The lowest BCUT2D eigenvalue weighted by Crippen LogP contribution is -2.43. The van der Waals surface area contributed by atoms with Crippen LogP contribution in [0.2, 0.25) is 0 Å². The smallest absolute Gasteiger partial charge is 0.296 e. The number of para-hydroxylation sites is 1. The molecule has 1 N–H and O–H groups in total. The van der Waals surface area contributed by atoms with E-state index >= 15 is 0 Å². The molecule has 0 radical (unpaired) electrons. The van der Waals surface area contributed by atoms with Gasteiger partial charge in [0.05, 0.1) is 23.4 Å². The molecule has 0 unspecified atom stereocenters. The highest BCUT2D eigenvalue weighted by Crippen LogP contribution is 2.25. The molecule has 4 aromatic rings. The molecule has 3 aromatic carbocycles. The first-order valence-electron chi connectivity index (χ1n) is 11.6. The molecule has 0 saturated heterocycles. The summed E-state index contributed by atoms with van der Waals surface area (Å²) in [5.74, 6) is 0.133. The van der Waals surface area contributed by atoms with E-state index in [1.54, 1.807) is 92.5 Å². The number of methoxy groups -OCH3 is 1. The number of hydrogen-bond acceptors (Lipinski definition) is 5. The summed E-state index contributed by atoms with van der Waals surface area (Å²) in [5.41, 5.74) is 1.15. The highest BCUT2D eigenvalue weighted by molar-refractivity contribution is 7.92. The van der Waals surface area contributed by atoms with Crippen LogP contribution in [-0.4, -0.2) is 37.3 Å². The fourth-order valence-electron chi connectivity index (χ4n) is 3.98. The minimum Gasteiger partial charge on any atom is -0.497 e. The predicted molar refractivity (Wildman–Crippen MR) is 142 cm³/mol. The summed E-state index contributed by atoms with van der Waals surface area (Å²) in [4.78, 5) is 26.7. The summed E-state index contributed by atoms with van der Waals surface area (Å²) in [6.45, 7) is 1.27. The zero-order valence-electron chi connectivity index (χ0n) is 20.8. The number of carbonyl (C=O) groups is 1. The number of sulfonamides is 1. The molecule has 0 fully saturated rings. The Hall–Kier alpha value is -4.31. The van der Waals surface area contributed by atoms with Crippen LogP contribution in [0.15, 0.2) is 94.6 Å². The monoisotopic (exact) mass is 520 g/mol. The third-order valence-corrected chi connectivity index (χ3v) is 7.80. The number of nitrogens with one attached hydrogen (secondary N) is 1. The zero-order valence-corrected chi connectivity index (χ0v) is 21.6. The molecule has 1 amide bonds.